The van der Waals surface area contributed by atoms with Gasteiger partial charge in [-0.25, -0.2) is 0 Å². The Balaban J connectivity index is 0.00000289. The van der Waals surface area contributed by atoms with E-state index in [1.165, 1.54) is 0 Å². The highest BCUT2D eigenvalue weighted by molar-refractivity contribution is 6.35. The van der Waals surface area contributed by atoms with E-state index in [4.69, 9.17) is 23.2 Å². The first-order valence-electron chi connectivity index (χ1n) is 5.48. The van der Waals surface area contributed by atoms with Crippen LogP contribution in [0.5, 0.6) is 0 Å². The van der Waals surface area contributed by atoms with Crippen molar-refractivity contribution in [1.29, 1.82) is 0 Å². The molecule has 1 rings (SSSR count). The van der Waals surface area contributed by atoms with Crippen molar-refractivity contribution in [1.82, 2.24) is 10.6 Å². The molecule has 0 fully saturated rings. The summed E-state index contributed by atoms with van der Waals surface area (Å²) < 4.78 is 0. The molecule has 0 bridgehead atoms. The second-order valence-electron chi connectivity index (χ2n) is 3.72. The van der Waals surface area contributed by atoms with E-state index in [0.717, 1.165) is 18.5 Å². The van der Waals surface area contributed by atoms with E-state index in [9.17, 15) is 4.79 Å². The summed E-state index contributed by atoms with van der Waals surface area (Å²) in [7, 11) is 1.88. The molecule has 0 spiro atoms. The first kappa shape index (κ1) is 17.5. The highest BCUT2D eigenvalue weighted by Gasteiger charge is 2.06. The summed E-state index contributed by atoms with van der Waals surface area (Å²) in [5.74, 6) is -0.0228. The number of carbonyl (C=O) groups excluding carboxylic acids is 1. The fraction of sp³-hybridized carbons (Fsp3) is 0.417. The molecule has 6 heteroatoms. The van der Waals surface area contributed by atoms with Crippen molar-refractivity contribution in [2.45, 2.75) is 12.8 Å². The van der Waals surface area contributed by atoms with E-state index in [1.807, 2.05) is 7.05 Å². The van der Waals surface area contributed by atoms with E-state index in [1.54, 1.807) is 18.2 Å². The van der Waals surface area contributed by atoms with E-state index in [-0.39, 0.29) is 24.7 Å². The quantitative estimate of drug-likeness (QED) is 0.793. The van der Waals surface area contributed by atoms with Crippen LogP contribution >= 0.6 is 35.6 Å². The number of nitrogens with one attached hydrogen (secondary N) is 2. The highest BCUT2D eigenvalue weighted by Crippen LogP contribution is 2.21. The number of hydrogen-bond donors (Lipinski definition) is 2. The van der Waals surface area contributed by atoms with Crippen molar-refractivity contribution in [3.63, 3.8) is 0 Å². The third-order valence-corrected chi connectivity index (χ3v) is 2.88. The standard InChI is InChI=1S/C12H16Cl2N2O.ClH/c1-15-5-2-6-16-12(17)7-9-3-4-10(13)8-11(9)14;/h3-4,8,15H,2,5-7H2,1H3,(H,16,17);1H. The molecular weight excluding hydrogens is 295 g/mol. The Bertz CT molecular complexity index is 386. The van der Waals surface area contributed by atoms with Crippen LogP contribution in [0.25, 0.3) is 0 Å². The van der Waals surface area contributed by atoms with Crippen LogP contribution in [-0.4, -0.2) is 26.0 Å². The normalized spacial score (nSPS) is 9.72. The Kier molecular flexibility index (Phi) is 9.20. The van der Waals surface area contributed by atoms with E-state index in [0.29, 0.717) is 16.6 Å². The first-order valence-corrected chi connectivity index (χ1v) is 6.24. The van der Waals surface area contributed by atoms with Crippen LogP contribution in [0.15, 0.2) is 18.2 Å². The summed E-state index contributed by atoms with van der Waals surface area (Å²) in [4.78, 5) is 11.6. The van der Waals surface area contributed by atoms with Crippen LogP contribution < -0.4 is 10.6 Å². The zero-order chi connectivity index (χ0) is 12.7. The predicted octanol–water partition coefficient (Wildman–Crippen LogP) is 2.68. The summed E-state index contributed by atoms with van der Waals surface area (Å²) in [6.45, 7) is 1.56. The topological polar surface area (TPSA) is 41.1 Å². The van der Waals surface area contributed by atoms with Gasteiger partial charge in [-0.3, -0.25) is 4.79 Å². The zero-order valence-electron chi connectivity index (χ0n) is 10.1. The highest BCUT2D eigenvalue weighted by atomic mass is 35.5. The molecular formula is C12H17Cl3N2O. The van der Waals surface area contributed by atoms with Gasteiger partial charge in [-0.05, 0) is 37.7 Å². The second kappa shape index (κ2) is 9.45. The lowest BCUT2D eigenvalue weighted by molar-refractivity contribution is -0.120. The van der Waals surface area contributed by atoms with Gasteiger partial charge in [0.05, 0.1) is 6.42 Å². The van der Waals surface area contributed by atoms with Gasteiger partial charge in [0.2, 0.25) is 5.91 Å². The zero-order valence-corrected chi connectivity index (χ0v) is 12.5. The maximum absolute atomic E-state index is 11.6. The van der Waals surface area contributed by atoms with Gasteiger partial charge < -0.3 is 10.6 Å². The third kappa shape index (κ3) is 6.45. The van der Waals surface area contributed by atoms with E-state index >= 15 is 0 Å². The molecule has 0 aliphatic heterocycles. The Hall–Kier alpha value is -0.480. The number of hydrogen-bond acceptors (Lipinski definition) is 2. The van der Waals surface area contributed by atoms with Crippen LogP contribution in [0.4, 0.5) is 0 Å². The molecule has 18 heavy (non-hydrogen) atoms. The molecule has 1 aromatic carbocycles. The lowest BCUT2D eigenvalue weighted by Crippen LogP contribution is -2.28. The molecule has 1 aromatic rings. The van der Waals surface area contributed by atoms with Crippen molar-refractivity contribution in [3.05, 3.63) is 33.8 Å². The van der Waals surface area contributed by atoms with Gasteiger partial charge in [-0.1, -0.05) is 29.3 Å². The van der Waals surface area contributed by atoms with Crippen LogP contribution in [0.1, 0.15) is 12.0 Å². The number of benzene rings is 1. The monoisotopic (exact) mass is 310 g/mol. The molecule has 1 amide bonds. The van der Waals surface area contributed by atoms with Gasteiger partial charge in [0.25, 0.3) is 0 Å². The van der Waals surface area contributed by atoms with Crippen LogP contribution in [-0.2, 0) is 11.2 Å². The summed E-state index contributed by atoms with van der Waals surface area (Å²) >= 11 is 11.8. The van der Waals surface area contributed by atoms with E-state index < -0.39 is 0 Å². The van der Waals surface area contributed by atoms with E-state index in [2.05, 4.69) is 10.6 Å². The molecule has 0 heterocycles. The Labute approximate surface area is 124 Å². The third-order valence-electron chi connectivity index (χ3n) is 2.29. The molecule has 2 N–H and O–H groups in total. The number of halogens is 3. The van der Waals surface area contributed by atoms with Gasteiger partial charge in [-0.2, -0.15) is 0 Å². The average Bonchev–Trinajstić information content (AvgIpc) is 2.28. The molecule has 0 aliphatic rings. The fourth-order valence-corrected chi connectivity index (χ4v) is 1.87. The molecule has 0 saturated carbocycles. The number of carbonyl (C=O) groups is 1. The molecule has 0 atom stereocenters. The molecule has 3 nitrogen and oxygen atoms in total. The Morgan fingerprint density at radius 1 is 1.28 bits per heavy atom. The van der Waals surface area contributed by atoms with Gasteiger partial charge in [0.15, 0.2) is 0 Å². The van der Waals surface area contributed by atoms with Crippen LogP contribution in [0.3, 0.4) is 0 Å². The number of amides is 1. The summed E-state index contributed by atoms with van der Waals surface area (Å²) in [6, 6.07) is 5.15. The van der Waals surface area contributed by atoms with Gasteiger partial charge in [0.1, 0.15) is 0 Å². The predicted molar refractivity (Wildman–Crippen MR) is 79.0 cm³/mol. The van der Waals surface area contributed by atoms with Gasteiger partial charge in [0, 0.05) is 16.6 Å². The van der Waals surface area contributed by atoms with Crippen molar-refractivity contribution in [3.8, 4) is 0 Å². The van der Waals surface area contributed by atoms with Gasteiger partial charge >= 0.3 is 0 Å². The first-order chi connectivity index (χ1) is 8.13. The SMILES string of the molecule is CNCCCNC(=O)Cc1ccc(Cl)cc1Cl.Cl. The molecule has 0 aliphatic carbocycles. The molecule has 102 valence electrons. The summed E-state index contributed by atoms with van der Waals surface area (Å²) in [5, 5.41) is 6.96. The minimum atomic E-state index is -0.0228. The van der Waals surface area contributed by atoms with Crippen molar-refractivity contribution in [2.24, 2.45) is 0 Å². The van der Waals surface area contributed by atoms with Crippen LogP contribution in [0.2, 0.25) is 10.0 Å². The van der Waals surface area contributed by atoms with Crippen LogP contribution in [0, 0.1) is 0 Å². The van der Waals surface area contributed by atoms with Crippen molar-refractivity contribution < 1.29 is 4.79 Å². The Morgan fingerprint density at radius 2 is 2.00 bits per heavy atom. The van der Waals surface area contributed by atoms with Crippen molar-refractivity contribution in [2.75, 3.05) is 20.1 Å². The minimum absolute atomic E-state index is 0. The molecule has 0 aromatic heterocycles. The minimum Gasteiger partial charge on any atom is -0.356 e. The fourth-order valence-electron chi connectivity index (χ4n) is 1.39. The van der Waals surface area contributed by atoms with Gasteiger partial charge in [-0.15, -0.1) is 12.4 Å². The smallest absolute Gasteiger partial charge is 0.224 e. The maximum Gasteiger partial charge on any atom is 0.224 e. The molecule has 0 unspecified atom stereocenters. The molecule has 0 radical (unpaired) electrons. The second-order valence-corrected chi connectivity index (χ2v) is 4.56. The summed E-state index contributed by atoms with van der Waals surface area (Å²) in [6.07, 6.45) is 1.20. The molecule has 0 saturated heterocycles. The van der Waals surface area contributed by atoms with Crippen molar-refractivity contribution >= 4 is 41.5 Å². The average molecular weight is 312 g/mol. The Morgan fingerprint density at radius 3 is 2.61 bits per heavy atom. The lowest BCUT2D eigenvalue weighted by atomic mass is 10.1. The lowest BCUT2D eigenvalue weighted by Gasteiger charge is -2.06. The summed E-state index contributed by atoms with van der Waals surface area (Å²) in [5.41, 5.74) is 0.794. The maximum atomic E-state index is 11.6. The largest absolute Gasteiger partial charge is 0.356 e. The number of rotatable bonds is 6.